The quantitative estimate of drug-likeness (QED) is 0.556. The van der Waals surface area contributed by atoms with Crippen molar-refractivity contribution in [1.29, 1.82) is 0 Å². The zero-order valence-electron chi connectivity index (χ0n) is 15.9. The fraction of sp³-hybridized carbons (Fsp3) is 0.444. The third-order valence-electron chi connectivity index (χ3n) is 4.18. The molecule has 0 spiro atoms. The van der Waals surface area contributed by atoms with Gasteiger partial charge in [-0.05, 0) is 22.6 Å². The van der Waals surface area contributed by atoms with Crippen molar-refractivity contribution in [2.75, 3.05) is 0 Å². The van der Waals surface area contributed by atoms with Gasteiger partial charge in [0.05, 0.1) is 18.8 Å². The van der Waals surface area contributed by atoms with Crippen LogP contribution in [-0.4, -0.2) is 32.7 Å². The Hall–Kier alpha value is -3.11. The highest BCUT2D eigenvalue weighted by atomic mass is 19.4. The number of rotatable bonds is 4. The molecular formula is C18H19F3N4O4. The second-order valence-corrected chi connectivity index (χ2v) is 7.63. The minimum atomic E-state index is -4.74. The summed E-state index contributed by atoms with van der Waals surface area (Å²) < 4.78 is 48.0. The highest BCUT2D eigenvalue weighted by Gasteiger charge is 2.39. The fourth-order valence-electron chi connectivity index (χ4n) is 2.91. The average molecular weight is 412 g/mol. The first kappa shape index (κ1) is 20.6. The van der Waals surface area contributed by atoms with E-state index in [0.29, 0.717) is 11.3 Å². The summed E-state index contributed by atoms with van der Waals surface area (Å²) in [6.07, 6.45) is -3.91. The van der Waals surface area contributed by atoms with Crippen LogP contribution in [0.2, 0.25) is 0 Å². The Bertz CT molecular complexity index is 930. The molecule has 11 heteroatoms. The number of fused-ring (bicyclic) bond motifs is 1. The molecule has 2 heterocycles. The van der Waals surface area contributed by atoms with E-state index in [4.69, 9.17) is 4.74 Å². The van der Waals surface area contributed by atoms with Crippen LogP contribution < -0.4 is 9.47 Å². The number of hydrogen-bond acceptors (Lipinski definition) is 6. The summed E-state index contributed by atoms with van der Waals surface area (Å²) in [5, 5.41) is 11.0. The number of hydrogen-bond donors (Lipinski definition) is 0. The molecule has 1 atom stereocenters. The third kappa shape index (κ3) is 5.04. The average Bonchev–Trinajstić information content (AvgIpc) is 3.01. The number of nitro groups is 1. The van der Waals surface area contributed by atoms with Gasteiger partial charge in [0.15, 0.2) is 0 Å². The molecule has 0 amide bonds. The van der Waals surface area contributed by atoms with Gasteiger partial charge in [0, 0.05) is 10.4 Å². The van der Waals surface area contributed by atoms with Crippen molar-refractivity contribution in [3.63, 3.8) is 0 Å². The Morgan fingerprint density at radius 1 is 1.31 bits per heavy atom. The van der Waals surface area contributed by atoms with Crippen LogP contribution in [0.1, 0.15) is 26.3 Å². The number of ether oxygens (including phenoxy) is 2. The summed E-state index contributed by atoms with van der Waals surface area (Å²) in [7, 11) is 0. The van der Waals surface area contributed by atoms with Crippen molar-refractivity contribution in [2.45, 2.75) is 46.3 Å². The van der Waals surface area contributed by atoms with Gasteiger partial charge in [-0.2, -0.15) is 0 Å². The molecule has 3 rings (SSSR count). The first-order valence-corrected chi connectivity index (χ1v) is 8.68. The number of aromatic nitrogens is 2. The molecule has 0 bridgehead atoms. The summed E-state index contributed by atoms with van der Waals surface area (Å²) in [6, 6.07) is 5.59. The van der Waals surface area contributed by atoms with Gasteiger partial charge < -0.3 is 19.6 Å². The van der Waals surface area contributed by atoms with Crippen LogP contribution in [0.25, 0.3) is 0 Å². The molecule has 0 aliphatic carbocycles. The van der Waals surface area contributed by atoms with Gasteiger partial charge in [-0.25, -0.2) is 0 Å². The van der Waals surface area contributed by atoms with Crippen molar-refractivity contribution in [3.8, 4) is 11.8 Å². The summed E-state index contributed by atoms with van der Waals surface area (Å²) in [5.41, 5.74) is 0.991. The van der Waals surface area contributed by atoms with Crippen LogP contribution >= 0.6 is 0 Å². The van der Waals surface area contributed by atoms with E-state index in [2.05, 4.69) is 14.7 Å². The number of nitrogens with zero attached hydrogens (tertiary/aromatic N) is 4. The standard InChI is InChI=1S/C18H19F3N4O4/c1-17(2,3)15-13(9-24-10-14(25(26)27)23-16(24)28-15)22-8-11-4-6-12(7-5-11)29-18(19,20)21/h4-7,10,15H,8-9H2,1-3H3/t15-/m1/s1. The molecule has 1 aliphatic rings. The zero-order chi connectivity index (χ0) is 21.4. The van der Waals surface area contributed by atoms with Crippen molar-refractivity contribution in [2.24, 2.45) is 10.4 Å². The Labute approximate surface area is 164 Å². The van der Waals surface area contributed by atoms with Crippen molar-refractivity contribution < 1.29 is 27.6 Å². The third-order valence-corrected chi connectivity index (χ3v) is 4.18. The number of benzene rings is 1. The predicted molar refractivity (Wildman–Crippen MR) is 97.0 cm³/mol. The summed E-state index contributed by atoms with van der Waals surface area (Å²) >= 11 is 0. The van der Waals surface area contributed by atoms with E-state index < -0.39 is 17.4 Å². The van der Waals surface area contributed by atoms with Crippen molar-refractivity contribution in [3.05, 3.63) is 46.1 Å². The maximum absolute atomic E-state index is 12.3. The Morgan fingerprint density at radius 2 is 1.97 bits per heavy atom. The molecule has 0 N–H and O–H groups in total. The summed E-state index contributed by atoms with van der Waals surface area (Å²) in [4.78, 5) is 18.8. The first-order valence-electron chi connectivity index (χ1n) is 8.68. The highest BCUT2D eigenvalue weighted by molar-refractivity contribution is 5.90. The molecule has 0 fully saturated rings. The van der Waals surface area contributed by atoms with Crippen LogP contribution in [-0.2, 0) is 13.1 Å². The largest absolute Gasteiger partial charge is 0.573 e. The molecular weight excluding hydrogens is 393 g/mol. The highest BCUT2D eigenvalue weighted by Crippen LogP contribution is 2.32. The lowest BCUT2D eigenvalue weighted by atomic mass is 9.85. The molecule has 0 saturated heterocycles. The van der Waals surface area contributed by atoms with Gasteiger partial charge in [0.25, 0.3) is 0 Å². The second-order valence-electron chi connectivity index (χ2n) is 7.63. The maximum Gasteiger partial charge on any atom is 0.573 e. The maximum atomic E-state index is 12.3. The van der Waals surface area contributed by atoms with E-state index in [1.54, 1.807) is 0 Å². The lowest BCUT2D eigenvalue weighted by Gasteiger charge is -2.33. The molecule has 0 saturated carbocycles. The van der Waals surface area contributed by atoms with Crippen LogP contribution in [0.5, 0.6) is 11.8 Å². The van der Waals surface area contributed by atoms with E-state index in [0.717, 1.165) is 0 Å². The Kier molecular flexibility index (Phi) is 5.24. The van der Waals surface area contributed by atoms with E-state index in [1.165, 1.54) is 35.0 Å². The molecule has 0 unspecified atom stereocenters. The molecule has 29 heavy (non-hydrogen) atoms. The minimum Gasteiger partial charge on any atom is -0.436 e. The Balaban J connectivity index is 1.81. The summed E-state index contributed by atoms with van der Waals surface area (Å²) in [5.74, 6) is -0.619. The van der Waals surface area contributed by atoms with Crippen molar-refractivity contribution in [1.82, 2.24) is 9.55 Å². The van der Waals surface area contributed by atoms with Crippen LogP contribution in [0, 0.1) is 15.5 Å². The molecule has 2 aromatic rings. The lowest BCUT2D eigenvalue weighted by Crippen LogP contribution is -2.45. The van der Waals surface area contributed by atoms with Crippen LogP contribution in [0.15, 0.2) is 35.5 Å². The predicted octanol–water partition coefficient (Wildman–Crippen LogP) is 4.14. The minimum absolute atomic E-state index is 0.157. The number of imidazole rings is 1. The van der Waals surface area contributed by atoms with Crippen molar-refractivity contribution >= 4 is 11.5 Å². The van der Waals surface area contributed by atoms with E-state index in [-0.39, 0.29) is 36.1 Å². The summed E-state index contributed by atoms with van der Waals surface area (Å²) in [6.45, 7) is 6.33. The van der Waals surface area contributed by atoms with Gasteiger partial charge in [-0.3, -0.25) is 9.56 Å². The second kappa shape index (κ2) is 7.37. The van der Waals surface area contributed by atoms with Crippen LogP contribution in [0.3, 0.4) is 0 Å². The molecule has 1 aromatic heterocycles. The fourth-order valence-corrected chi connectivity index (χ4v) is 2.91. The molecule has 1 aromatic carbocycles. The number of aliphatic imine (C=N–C) groups is 1. The normalized spacial score (nSPS) is 18.3. The molecule has 0 radical (unpaired) electrons. The SMILES string of the molecule is CC(C)(C)[C@@H]1Oc2nc([N+](=O)[O-])cn2CC1=NCc1ccc(OC(F)(F)F)cc1. The molecule has 1 aliphatic heterocycles. The number of halogens is 3. The monoisotopic (exact) mass is 412 g/mol. The van der Waals surface area contributed by atoms with E-state index in [9.17, 15) is 23.3 Å². The zero-order valence-corrected chi connectivity index (χ0v) is 15.9. The first-order chi connectivity index (χ1) is 13.4. The van der Waals surface area contributed by atoms with Gasteiger partial charge in [-0.15, -0.1) is 13.2 Å². The number of alkyl halides is 3. The Morgan fingerprint density at radius 3 is 2.52 bits per heavy atom. The van der Waals surface area contributed by atoms with E-state index in [1.807, 2.05) is 20.8 Å². The van der Waals surface area contributed by atoms with E-state index >= 15 is 0 Å². The smallest absolute Gasteiger partial charge is 0.436 e. The van der Waals surface area contributed by atoms with Gasteiger partial charge >= 0.3 is 18.2 Å². The molecule has 156 valence electrons. The van der Waals surface area contributed by atoms with Gasteiger partial charge in [0.2, 0.25) is 0 Å². The van der Waals surface area contributed by atoms with Crippen LogP contribution in [0.4, 0.5) is 19.0 Å². The van der Waals surface area contributed by atoms with Gasteiger partial charge in [0.1, 0.15) is 18.1 Å². The van der Waals surface area contributed by atoms with Gasteiger partial charge in [-0.1, -0.05) is 32.9 Å². The molecule has 8 nitrogen and oxygen atoms in total. The lowest BCUT2D eigenvalue weighted by molar-refractivity contribution is -0.389. The topological polar surface area (TPSA) is 91.8 Å².